The number of hydrogen-bond acceptors (Lipinski definition) is 5. The minimum Gasteiger partial charge on any atom is -0.354 e. The molecule has 1 fully saturated rings. The average molecular weight is 439 g/mol. The molecule has 6 nitrogen and oxygen atoms in total. The summed E-state index contributed by atoms with van der Waals surface area (Å²) in [5, 5.41) is 5.80. The fourth-order valence-electron chi connectivity index (χ4n) is 4.25. The van der Waals surface area contributed by atoms with Crippen LogP contribution in [0.25, 0.3) is 10.9 Å². The zero-order valence-corrected chi connectivity index (χ0v) is 19.0. The van der Waals surface area contributed by atoms with Gasteiger partial charge in [0.25, 0.3) is 5.56 Å². The lowest BCUT2D eigenvalue weighted by Crippen LogP contribution is -2.41. The Hall–Kier alpha value is -2.51. The van der Waals surface area contributed by atoms with Gasteiger partial charge >= 0.3 is 0 Å². The Morgan fingerprint density at radius 1 is 1.26 bits per heavy atom. The fraction of sp³-hybridized carbons (Fsp3) is 0.458. The number of hydrogen-bond donors (Lipinski definition) is 1. The monoisotopic (exact) mass is 438 g/mol. The quantitative estimate of drug-likeness (QED) is 0.610. The van der Waals surface area contributed by atoms with Crippen molar-refractivity contribution in [1.29, 1.82) is 0 Å². The molecular formula is C24H30N4O2S. The Balaban J connectivity index is 1.37. The first-order valence-corrected chi connectivity index (χ1v) is 11.9. The van der Waals surface area contributed by atoms with Crippen LogP contribution in [0.1, 0.15) is 42.7 Å². The Kier molecular flexibility index (Phi) is 6.83. The van der Waals surface area contributed by atoms with E-state index in [0.717, 1.165) is 30.1 Å². The van der Waals surface area contributed by atoms with E-state index in [-0.39, 0.29) is 23.9 Å². The Morgan fingerprint density at radius 2 is 2.06 bits per heavy atom. The second-order valence-corrected chi connectivity index (χ2v) is 9.50. The molecule has 2 aromatic heterocycles. The van der Waals surface area contributed by atoms with Gasteiger partial charge in [-0.15, -0.1) is 11.3 Å². The van der Waals surface area contributed by atoms with Crippen molar-refractivity contribution in [3.63, 3.8) is 0 Å². The molecule has 1 amide bonds. The van der Waals surface area contributed by atoms with E-state index in [1.807, 2.05) is 19.1 Å². The smallest absolute Gasteiger partial charge is 0.261 e. The van der Waals surface area contributed by atoms with E-state index in [1.54, 1.807) is 23.7 Å². The SMILES string of the molecule is Cc1cccc2c(=O)n(CCC(=O)NC[C@@H](c3cccs3)N3CCC(C)CC3)cnc12. The van der Waals surface area contributed by atoms with Crippen LogP contribution in [0.5, 0.6) is 0 Å². The maximum atomic E-state index is 12.7. The Labute approximate surface area is 186 Å². The van der Waals surface area contributed by atoms with Gasteiger partial charge in [0.05, 0.1) is 23.3 Å². The molecule has 1 atom stereocenters. The second kappa shape index (κ2) is 9.75. The molecule has 3 heterocycles. The van der Waals surface area contributed by atoms with Crippen LogP contribution in [0, 0.1) is 12.8 Å². The van der Waals surface area contributed by atoms with Crippen LogP contribution in [0.3, 0.4) is 0 Å². The van der Waals surface area contributed by atoms with Crippen LogP contribution in [0.15, 0.2) is 46.8 Å². The van der Waals surface area contributed by atoms with E-state index in [1.165, 1.54) is 22.3 Å². The second-order valence-electron chi connectivity index (χ2n) is 8.52. The number of benzene rings is 1. The van der Waals surface area contributed by atoms with Crippen molar-refractivity contribution < 1.29 is 4.79 Å². The molecule has 4 rings (SSSR count). The summed E-state index contributed by atoms with van der Waals surface area (Å²) in [5.74, 6) is 0.732. The van der Waals surface area contributed by atoms with E-state index in [2.05, 4.69) is 39.6 Å². The highest BCUT2D eigenvalue weighted by Gasteiger charge is 2.25. The van der Waals surface area contributed by atoms with Gasteiger partial charge in [-0.25, -0.2) is 4.98 Å². The number of para-hydroxylation sites is 1. The minimum absolute atomic E-state index is 0.0387. The van der Waals surface area contributed by atoms with Gasteiger partial charge in [-0.2, -0.15) is 0 Å². The molecule has 0 unspecified atom stereocenters. The summed E-state index contributed by atoms with van der Waals surface area (Å²) >= 11 is 1.74. The number of nitrogens with zero attached hydrogens (tertiary/aromatic N) is 3. The van der Waals surface area contributed by atoms with Crippen LogP contribution in [-0.2, 0) is 11.3 Å². The van der Waals surface area contributed by atoms with Gasteiger partial charge < -0.3 is 5.32 Å². The largest absolute Gasteiger partial charge is 0.354 e. The fourth-order valence-corrected chi connectivity index (χ4v) is 5.11. The predicted octanol–water partition coefficient (Wildman–Crippen LogP) is 3.75. The number of nitrogens with one attached hydrogen (secondary N) is 1. The van der Waals surface area contributed by atoms with Gasteiger partial charge in [0.15, 0.2) is 0 Å². The zero-order valence-electron chi connectivity index (χ0n) is 18.2. The number of aryl methyl sites for hydroxylation is 2. The number of likely N-dealkylation sites (tertiary alicyclic amines) is 1. The lowest BCUT2D eigenvalue weighted by atomic mass is 9.97. The van der Waals surface area contributed by atoms with Crippen LogP contribution in [0.4, 0.5) is 0 Å². The van der Waals surface area contributed by atoms with E-state index in [4.69, 9.17) is 0 Å². The third-order valence-corrected chi connectivity index (χ3v) is 7.23. The average Bonchev–Trinajstić information content (AvgIpc) is 3.30. The van der Waals surface area contributed by atoms with Crippen molar-refractivity contribution in [3.8, 4) is 0 Å². The zero-order chi connectivity index (χ0) is 21.8. The maximum absolute atomic E-state index is 12.7. The molecule has 0 spiro atoms. The molecule has 1 N–H and O–H groups in total. The van der Waals surface area contributed by atoms with Crippen molar-refractivity contribution in [2.45, 2.75) is 45.7 Å². The molecule has 0 radical (unpaired) electrons. The molecule has 0 saturated carbocycles. The van der Waals surface area contributed by atoms with Gasteiger partial charge in [0.1, 0.15) is 0 Å². The van der Waals surface area contributed by atoms with E-state index >= 15 is 0 Å². The highest BCUT2D eigenvalue weighted by atomic mass is 32.1. The molecule has 0 aliphatic carbocycles. The minimum atomic E-state index is -0.0969. The number of amides is 1. The summed E-state index contributed by atoms with van der Waals surface area (Å²) in [4.78, 5) is 33.5. The number of fused-ring (bicyclic) bond motifs is 1. The molecule has 0 bridgehead atoms. The summed E-state index contributed by atoms with van der Waals surface area (Å²) in [5.41, 5.74) is 1.61. The third-order valence-electron chi connectivity index (χ3n) is 6.26. The molecule has 3 aromatic rings. The molecular weight excluding hydrogens is 408 g/mol. The molecule has 1 aliphatic heterocycles. The first-order chi connectivity index (χ1) is 15.0. The van der Waals surface area contributed by atoms with E-state index in [9.17, 15) is 9.59 Å². The summed E-state index contributed by atoms with van der Waals surface area (Å²) in [7, 11) is 0. The van der Waals surface area contributed by atoms with Gasteiger partial charge in [-0.3, -0.25) is 19.1 Å². The maximum Gasteiger partial charge on any atom is 0.261 e. The van der Waals surface area contributed by atoms with Crippen molar-refractivity contribution in [2.75, 3.05) is 19.6 Å². The summed E-state index contributed by atoms with van der Waals surface area (Å²) < 4.78 is 1.53. The number of rotatable bonds is 7. The lowest BCUT2D eigenvalue weighted by Gasteiger charge is -2.36. The van der Waals surface area contributed by atoms with Crippen molar-refractivity contribution in [2.24, 2.45) is 5.92 Å². The van der Waals surface area contributed by atoms with Gasteiger partial charge in [-0.1, -0.05) is 25.1 Å². The molecule has 164 valence electrons. The summed E-state index contributed by atoms with van der Waals surface area (Å²) in [6.07, 6.45) is 4.21. The first kappa shape index (κ1) is 21.7. The Bertz CT molecular complexity index is 1080. The highest BCUT2D eigenvalue weighted by molar-refractivity contribution is 7.10. The van der Waals surface area contributed by atoms with Gasteiger partial charge in [0.2, 0.25) is 5.91 Å². The Morgan fingerprint density at radius 3 is 2.81 bits per heavy atom. The number of thiophene rings is 1. The first-order valence-electron chi connectivity index (χ1n) is 11.0. The van der Waals surface area contributed by atoms with E-state index < -0.39 is 0 Å². The van der Waals surface area contributed by atoms with Crippen molar-refractivity contribution in [3.05, 3.63) is 62.8 Å². The molecule has 1 aromatic carbocycles. The highest BCUT2D eigenvalue weighted by Crippen LogP contribution is 2.29. The van der Waals surface area contributed by atoms with Gasteiger partial charge in [-0.05, 0) is 61.8 Å². The molecule has 1 saturated heterocycles. The normalized spacial score (nSPS) is 16.5. The van der Waals surface area contributed by atoms with Crippen LogP contribution < -0.4 is 10.9 Å². The molecule has 31 heavy (non-hydrogen) atoms. The van der Waals surface area contributed by atoms with Crippen molar-refractivity contribution in [1.82, 2.24) is 19.8 Å². The van der Waals surface area contributed by atoms with E-state index in [0.29, 0.717) is 18.5 Å². The summed E-state index contributed by atoms with van der Waals surface area (Å²) in [6, 6.07) is 10.0. The van der Waals surface area contributed by atoms with Crippen molar-refractivity contribution >= 4 is 28.1 Å². The number of carbonyl (C=O) groups excluding carboxylic acids is 1. The standard InChI is InChI=1S/C24H30N4O2S/c1-17-8-11-27(12-9-17)20(21-7-4-14-31-21)15-25-22(29)10-13-28-16-26-23-18(2)5-3-6-19(23)24(28)30/h3-7,14,16-17,20H,8-13,15H2,1-2H3,(H,25,29)/t20-/m0/s1. The lowest BCUT2D eigenvalue weighted by molar-refractivity contribution is -0.121. The van der Waals surface area contributed by atoms with Crippen LogP contribution in [-0.4, -0.2) is 40.0 Å². The number of aromatic nitrogens is 2. The topological polar surface area (TPSA) is 67.2 Å². The summed E-state index contributed by atoms with van der Waals surface area (Å²) in [6.45, 7) is 7.31. The van der Waals surface area contributed by atoms with Crippen LogP contribution >= 0.6 is 11.3 Å². The van der Waals surface area contributed by atoms with Gasteiger partial charge in [0, 0.05) is 24.4 Å². The van der Waals surface area contributed by atoms with Crippen LogP contribution in [0.2, 0.25) is 0 Å². The number of piperidine rings is 1. The molecule has 7 heteroatoms. The third kappa shape index (κ3) is 5.05. The molecule has 1 aliphatic rings. The number of carbonyl (C=O) groups is 1. The predicted molar refractivity (Wildman–Crippen MR) is 125 cm³/mol.